The van der Waals surface area contributed by atoms with Crippen LogP contribution in [0.5, 0.6) is 5.75 Å². The van der Waals surface area contributed by atoms with Gasteiger partial charge in [-0.2, -0.15) is 0 Å². The zero-order valence-corrected chi connectivity index (χ0v) is 11.5. The lowest BCUT2D eigenvalue weighted by Gasteiger charge is -2.37. The second-order valence-electron chi connectivity index (χ2n) is 4.80. The monoisotopic (exact) mass is 248 g/mol. The molecule has 1 unspecified atom stereocenters. The third kappa shape index (κ3) is 3.16. The Bertz CT molecular complexity index is 350. The van der Waals surface area contributed by atoms with Gasteiger partial charge in [0.05, 0.1) is 6.61 Å². The first-order valence-electron chi connectivity index (χ1n) is 7.05. The fourth-order valence-electron chi connectivity index (χ4n) is 2.42. The van der Waals surface area contributed by atoms with Gasteiger partial charge < -0.3 is 15.0 Å². The Balaban J connectivity index is 2.03. The molecule has 1 saturated heterocycles. The average molecular weight is 248 g/mol. The van der Waals surface area contributed by atoms with Crippen molar-refractivity contribution in [3.8, 4) is 5.75 Å². The number of hydrogen-bond acceptors (Lipinski definition) is 3. The maximum absolute atomic E-state index is 5.62. The normalized spacial score (nSPS) is 19.9. The summed E-state index contributed by atoms with van der Waals surface area (Å²) in [5.41, 5.74) is 1.31. The molecule has 18 heavy (non-hydrogen) atoms. The van der Waals surface area contributed by atoms with Crippen LogP contribution >= 0.6 is 0 Å². The summed E-state index contributed by atoms with van der Waals surface area (Å²) in [4.78, 5) is 2.50. The van der Waals surface area contributed by atoms with Crippen LogP contribution in [-0.2, 0) is 0 Å². The molecule has 100 valence electrons. The van der Waals surface area contributed by atoms with Crippen LogP contribution in [0.2, 0.25) is 0 Å². The maximum atomic E-state index is 5.62. The number of ether oxygens (including phenoxy) is 1. The first-order valence-corrected chi connectivity index (χ1v) is 7.05. The van der Waals surface area contributed by atoms with E-state index in [0.717, 1.165) is 38.4 Å². The van der Waals surface area contributed by atoms with Crippen LogP contribution in [0.15, 0.2) is 24.3 Å². The second-order valence-corrected chi connectivity index (χ2v) is 4.80. The fraction of sp³-hybridized carbons (Fsp3) is 0.600. The quantitative estimate of drug-likeness (QED) is 0.867. The molecule has 0 radical (unpaired) electrons. The van der Waals surface area contributed by atoms with Gasteiger partial charge in [0.1, 0.15) is 5.75 Å². The Morgan fingerprint density at radius 2 is 2.06 bits per heavy atom. The lowest BCUT2D eigenvalue weighted by Crippen LogP contribution is -2.51. The number of benzene rings is 1. The molecule has 0 amide bonds. The van der Waals surface area contributed by atoms with Crippen molar-refractivity contribution in [2.45, 2.75) is 32.7 Å². The molecular weight excluding hydrogens is 224 g/mol. The van der Waals surface area contributed by atoms with Gasteiger partial charge in [0, 0.05) is 31.4 Å². The first kappa shape index (κ1) is 13.2. The van der Waals surface area contributed by atoms with Gasteiger partial charge in [0.25, 0.3) is 0 Å². The molecule has 1 heterocycles. The summed E-state index contributed by atoms with van der Waals surface area (Å²) in [5, 5.41) is 3.46. The van der Waals surface area contributed by atoms with E-state index in [9.17, 15) is 0 Å². The lowest BCUT2D eigenvalue weighted by molar-refractivity contribution is 0.317. The van der Waals surface area contributed by atoms with Crippen LogP contribution in [-0.4, -0.2) is 32.3 Å². The van der Waals surface area contributed by atoms with Gasteiger partial charge >= 0.3 is 0 Å². The van der Waals surface area contributed by atoms with Crippen molar-refractivity contribution in [1.82, 2.24) is 5.32 Å². The highest BCUT2D eigenvalue weighted by Crippen LogP contribution is 2.23. The van der Waals surface area contributed by atoms with Crippen LogP contribution < -0.4 is 15.0 Å². The topological polar surface area (TPSA) is 24.5 Å². The molecule has 0 aliphatic carbocycles. The third-order valence-corrected chi connectivity index (χ3v) is 3.46. The fourth-order valence-corrected chi connectivity index (χ4v) is 2.42. The number of nitrogens with zero attached hydrogens (tertiary/aromatic N) is 1. The minimum absolute atomic E-state index is 0.612. The first-order chi connectivity index (χ1) is 8.85. The van der Waals surface area contributed by atoms with Crippen LogP contribution in [0.3, 0.4) is 0 Å². The van der Waals surface area contributed by atoms with Gasteiger partial charge in [-0.3, -0.25) is 0 Å². The van der Waals surface area contributed by atoms with Crippen molar-refractivity contribution in [2.75, 3.05) is 31.1 Å². The van der Waals surface area contributed by atoms with Gasteiger partial charge in [0.2, 0.25) is 0 Å². The highest BCUT2D eigenvalue weighted by molar-refractivity contribution is 5.50. The summed E-state index contributed by atoms with van der Waals surface area (Å²) in [6.07, 6.45) is 2.23. The molecule has 0 saturated carbocycles. The number of piperazine rings is 1. The Morgan fingerprint density at radius 1 is 1.28 bits per heavy atom. The largest absolute Gasteiger partial charge is 0.494 e. The van der Waals surface area contributed by atoms with Gasteiger partial charge in [-0.1, -0.05) is 13.8 Å². The molecule has 2 rings (SSSR count). The van der Waals surface area contributed by atoms with Crippen LogP contribution in [0.25, 0.3) is 0 Å². The number of anilines is 1. The van der Waals surface area contributed by atoms with Crippen molar-refractivity contribution in [3.63, 3.8) is 0 Å². The van der Waals surface area contributed by atoms with Crippen molar-refractivity contribution < 1.29 is 4.74 Å². The van der Waals surface area contributed by atoms with E-state index in [0.29, 0.717) is 6.04 Å². The Hall–Kier alpha value is -1.22. The van der Waals surface area contributed by atoms with E-state index >= 15 is 0 Å². The van der Waals surface area contributed by atoms with E-state index in [2.05, 4.69) is 48.3 Å². The predicted octanol–water partition coefficient (Wildman–Crippen LogP) is 2.66. The zero-order chi connectivity index (χ0) is 12.8. The van der Waals surface area contributed by atoms with E-state index in [1.165, 1.54) is 12.1 Å². The Labute approximate surface area is 110 Å². The van der Waals surface area contributed by atoms with Crippen molar-refractivity contribution in [3.05, 3.63) is 24.3 Å². The summed E-state index contributed by atoms with van der Waals surface area (Å²) >= 11 is 0. The highest BCUT2D eigenvalue weighted by atomic mass is 16.5. The van der Waals surface area contributed by atoms with E-state index < -0.39 is 0 Å². The summed E-state index contributed by atoms with van der Waals surface area (Å²) < 4.78 is 5.62. The molecule has 1 aliphatic heterocycles. The maximum Gasteiger partial charge on any atom is 0.119 e. The summed E-state index contributed by atoms with van der Waals surface area (Å²) in [6, 6.07) is 9.14. The second kappa shape index (κ2) is 6.64. The van der Waals surface area contributed by atoms with Crippen molar-refractivity contribution in [2.24, 2.45) is 0 Å². The molecule has 3 heteroatoms. The van der Waals surface area contributed by atoms with Gasteiger partial charge in [-0.05, 0) is 37.1 Å². The molecule has 1 atom stereocenters. The van der Waals surface area contributed by atoms with Crippen LogP contribution in [0, 0.1) is 0 Å². The Kier molecular flexibility index (Phi) is 4.88. The number of nitrogens with one attached hydrogen (secondary N) is 1. The zero-order valence-electron chi connectivity index (χ0n) is 11.5. The molecule has 0 bridgehead atoms. The molecular formula is C15H24N2O. The SMILES string of the molecule is CCCOc1ccc(N2CCNCC2CC)cc1. The molecule has 1 fully saturated rings. The molecule has 1 aromatic carbocycles. The number of rotatable bonds is 5. The standard InChI is InChI=1S/C15H24N2O/c1-3-11-18-15-7-5-14(6-8-15)17-10-9-16-12-13(17)4-2/h5-8,13,16H,3-4,9-12H2,1-2H3. The van der Waals surface area contributed by atoms with Crippen molar-refractivity contribution >= 4 is 5.69 Å². The number of hydrogen-bond donors (Lipinski definition) is 1. The molecule has 0 spiro atoms. The summed E-state index contributed by atoms with van der Waals surface area (Å²) in [5.74, 6) is 0.976. The predicted molar refractivity (Wildman–Crippen MR) is 76.5 cm³/mol. The van der Waals surface area contributed by atoms with E-state index in [-0.39, 0.29) is 0 Å². The third-order valence-electron chi connectivity index (χ3n) is 3.46. The molecule has 1 aromatic rings. The minimum Gasteiger partial charge on any atom is -0.494 e. The smallest absolute Gasteiger partial charge is 0.119 e. The van der Waals surface area contributed by atoms with E-state index in [1.54, 1.807) is 0 Å². The Morgan fingerprint density at radius 3 is 2.72 bits per heavy atom. The van der Waals surface area contributed by atoms with Crippen molar-refractivity contribution in [1.29, 1.82) is 0 Å². The van der Waals surface area contributed by atoms with E-state index in [4.69, 9.17) is 4.74 Å². The summed E-state index contributed by atoms with van der Waals surface area (Å²) in [7, 11) is 0. The van der Waals surface area contributed by atoms with Gasteiger partial charge in [-0.15, -0.1) is 0 Å². The average Bonchev–Trinajstić information content (AvgIpc) is 2.45. The highest BCUT2D eigenvalue weighted by Gasteiger charge is 2.20. The molecule has 3 nitrogen and oxygen atoms in total. The summed E-state index contributed by atoms with van der Waals surface area (Å²) in [6.45, 7) is 8.43. The van der Waals surface area contributed by atoms with Gasteiger partial charge in [-0.25, -0.2) is 0 Å². The molecule has 1 aliphatic rings. The van der Waals surface area contributed by atoms with E-state index in [1.807, 2.05) is 0 Å². The molecule has 1 N–H and O–H groups in total. The van der Waals surface area contributed by atoms with Crippen LogP contribution in [0.4, 0.5) is 5.69 Å². The van der Waals surface area contributed by atoms with Crippen LogP contribution in [0.1, 0.15) is 26.7 Å². The lowest BCUT2D eigenvalue weighted by atomic mass is 10.1. The molecule has 0 aromatic heterocycles. The minimum atomic E-state index is 0.612. The van der Waals surface area contributed by atoms with Gasteiger partial charge in [0.15, 0.2) is 0 Å².